The molecule has 0 radical (unpaired) electrons. The highest BCUT2D eigenvalue weighted by Gasteiger charge is 2.23. The molecule has 0 spiro atoms. The van der Waals surface area contributed by atoms with Crippen LogP contribution in [0.2, 0.25) is 0 Å². The van der Waals surface area contributed by atoms with Crippen LogP contribution in [-0.4, -0.2) is 27.6 Å². The van der Waals surface area contributed by atoms with Gasteiger partial charge in [-0.1, -0.05) is 23.8 Å². The van der Waals surface area contributed by atoms with E-state index in [2.05, 4.69) is 46.1 Å². The molecular formula is C17H18N4. The van der Waals surface area contributed by atoms with E-state index in [1.165, 1.54) is 11.1 Å². The number of aryl methyl sites for hydroxylation is 1. The van der Waals surface area contributed by atoms with Crippen LogP contribution < -0.4 is 5.32 Å². The molecule has 3 heterocycles. The van der Waals surface area contributed by atoms with Crippen molar-refractivity contribution in [1.82, 2.24) is 19.9 Å². The first-order valence-corrected chi connectivity index (χ1v) is 7.43. The van der Waals surface area contributed by atoms with Gasteiger partial charge in [0.15, 0.2) is 5.65 Å². The van der Waals surface area contributed by atoms with Crippen molar-refractivity contribution in [3.8, 4) is 11.4 Å². The van der Waals surface area contributed by atoms with E-state index in [-0.39, 0.29) is 0 Å². The third-order valence-electron chi connectivity index (χ3n) is 4.12. The molecule has 0 amide bonds. The van der Waals surface area contributed by atoms with Crippen LogP contribution in [0.4, 0.5) is 0 Å². The molecule has 3 aromatic rings. The lowest BCUT2D eigenvalue weighted by Crippen LogP contribution is -2.14. The normalized spacial score (nSPS) is 18.4. The number of hydrogen-bond donors (Lipinski definition) is 1. The summed E-state index contributed by atoms with van der Waals surface area (Å²) >= 11 is 0. The zero-order chi connectivity index (χ0) is 14.2. The highest BCUT2D eigenvalue weighted by atomic mass is 15.2. The van der Waals surface area contributed by atoms with E-state index in [0.29, 0.717) is 6.04 Å². The maximum Gasteiger partial charge on any atom is 0.160 e. The summed E-state index contributed by atoms with van der Waals surface area (Å²) in [6.45, 7) is 4.16. The number of nitrogens with one attached hydrogen (secondary N) is 1. The maximum absolute atomic E-state index is 4.84. The lowest BCUT2D eigenvalue weighted by molar-refractivity contribution is 0.563. The maximum atomic E-state index is 4.84. The largest absolute Gasteiger partial charge is 0.315 e. The molecule has 4 nitrogen and oxygen atoms in total. The Morgan fingerprint density at radius 1 is 1.24 bits per heavy atom. The number of rotatable bonds is 2. The molecule has 4 rings (SSSR count). The van der Waals surface area contributed by atoms with Crippen molar-refractivity contribution in [2.45, 2.75) is 19.4 Å². The van der Waals surface area contributed by atoms with Crippen LogP contribution in [0, 0.1) is 6.92 Å². The second-order valence-electron chi connectivity index (χ2n) is 5.67. The second-order valence-corrected chi connectivity index (χ2v) is 5.67. The summed E-state index contributed by atoms with van der Waals surface area (Å²) in [5, 5.41) is 3.44. The Balaban J connectivity index is 1.97. The Morgan fingerprint density at radius 3 is 3.00 bits per heavy atom. The predicted octanol–water partition coefficient (Wildman–Crippen LogP) is 2.94. The molecule has 1 aliphatic heterocycles. The summed E-state index contributed by atoms with van der Waals surface area (Å²) < 4.78 is 2.31. The van der Waals surface area contributed by atoms with E-state index in [1.807, 2.05) is 18.3 Å². The number of fused-ring (bicyclic) bond motifs is 1. The van der Waals surface area contributed by atoms with Crippen LogP contribution in [-0.2, 0) is 0 Å². The van der Waals surface area contributed by atoms with E-state index in [9.17, 15) is 0 Å². The topological polar surface area (TPSA) is 42.7 Å². The van der Waals surface area contributed by atoms with Gasteiger partial charge in [-0.15, -0.1) is 0 Å². The number of benzene rings is 1. The van der Waals surface area contributed by atoms with Crippen molar-refractivity contribution < 1.29 is 0 Å². The summed E-state index contributed by atoms with van der Waals surface area (Å²) in [7, 11) is 0. The first-order valence-electron chi connectivity index (χ1n) is 7.43. The van der Waals surface area contributed by atoms with Gasteiger partial charge < -0.3 is 9.88 Å². The Bertz CT molecular complexity index is 784. The fourth-order valence-corrected chi connectivity index (χ4v) is 3.12. The number of hydrogen-bond acceptors (Lipinski definition) is 3. The van der Waals surface area contributed by atoms with Gasteiger partial charge in [-0.3, -0.25) is 0 Å². The molecular weight excluding hydrogens is 260 g/mol. The number of aromatic nitrogens is 3. The van der Waals surface area contributed by atoms with E-state index < -0.39 is 0 Å². The number of nitrogens with zero attached hydrogens (tertiary/aromatic N) is 3. The van der Waals surface area contributed by atoms with Crippen molar-refractivity contribution in [3.63, 3.8) is 0 Å². The molecule has 1 aromatic carbocycles. The summed E-state index contributed by atoms with van der Waals surface area (Å²) in [6.07, 6.45) is 2.98. The van der Waals surface area contributed by atoms with Crippen LogP contribution in [0.5, 0.6) is 0 Å². The van der Waals surface area contributed by atoms with Crippen LogP contribution in [0.3, 0.4) is 0 Å². The minimum Gasteiger partial charge on any atom is -0.315 e. The first-order chi connectivity index (χ1) is 10.3. The summed E-state index contributed by atoms with van der Waals surface area (Å²) in [5.41, 5.74) is 4.38. The standard InChI is InChI=1S/C17H18N4/c1-12-4-2-5-13(10-12)16-20-15-6-3-8-19-17(15)21(16)14-7-9-18-11-14/h2-6,8,10,14,18H,7,9,11H2,1H3. The van der Waals surface area contributed by atoms with E-state index in [4.69, 9.17) is 4.98 Å². The van der Waals surface area contributed by atoms with Gasteiger partial charge in [-0.2, -0.15) is 0 Å². The molecule has 1 N–H and O–H groups in total. The van der Waals surface area contributed by atoms with E-state index >= 15 is 0 Å². The van der Waals surface area contributed by atoms with Crippen molar-refractivity contribution in [2.24, 2.45) is 0 Å². The average Bonchev–Trinajstić information content (AvgIpc) is 3.14. The predicted molar refractivity (Wildman–Crippen MR) is 84.2 cm³/mol. The van der Waals surface area contributed by atoms with Crippen LogP contribution in [0.25, 0.3) is 22.6 Å². The Morgan fingerprint density at radius 2 is 2.19 bits per heavy atom. The van der Waals surface area contributed by atoms with Crippen molar-refractivity contribution in [1.29, 1.82) is 0 Å². The van der Waals surface area contributed by atoms with Crippen molar-refractivity contribution in [3.05, 3.63) is 48.2 Å². The molecule has 1 atom stereocenters. The molecule has 21 heavy (non-hydrogen) atoms. The molecule has 106 valence electrons. The Labute approximate surface area is 123 Å². The lowest BCUT2D eigenvalue weighted by atomic mass is 10.1. The monoisotopic (exact) mass is 278 g/mol. The Kier molecular flexibility index (Phi) is 2.97. The minimum atomic E-state index is 0.431. The summed E-state index contributed by atoms with van der Waals surface area (Å²) in [4.78, 5) is 9.41. The highest BCUT2D eigenvalue weighted by molar-refractivity contribution is 5.77. The number of pyridine rings is 1. The van der Waals surface area contributed by atoms with Gasteiger partial charge in [0.2, 0.25) is 0 Å². The van der Waals surface area contributed by atoms with E-state index in [1.54, 1.807) is 0 Å². The number of imidazole rings is 1. The fraction of sp³-hybridized carbons (Fsp3) is 0.294. The summed E-state index contributed by atoms with van der Waals surface area (Å²) in [6, 6.07) is 13.0. The smallest absolute Gasteiger partial charge is 0.160 e. The first kappa shape index (κ1) is 12.5. The summed E-state index contributed by atoms with van der Waals surface area (Å²) in [5.74, 6) is 1.03. The molecule has 1 saturated heterocycles. The molecule has 1 unspecified atom stereocenters. The van der Waals surface area contributed by atoms with Gasteiger partial charge >= 0.3 is 0 Å². The van der Waals surface area contributed by atoms with Gasteiger partial charge in [0.1, 0.15) is 11.3 Å². The highest BCUT2D eigenvalue weighted by Crippen LogP contribution is 2.30. The molecule has 4 heteroatoms. The molecule has 0 saturated carbocycles. The van der Waals surface area contributed by atoms with Gasteiger partial charge in [0, 0.05) is 18.3 Å². The van der Waals surface area contributed by atoms with Crippen LogP contribution in [0.1, 0.15) is 18.0 Å². The van der Waals surface area contributed by atoms with Gasteiger partial charge in [-0.05, 0) is 38.1 Å². The van der Waals surface area contributed by atoms with Crippen LogP contribution in [0.15, 0.2) is 42.6 Å². The average molecular weight is 278 g/mol. The van der Waals surface area contributed by atoms with Crippen LogP contribution >= 0.6 is 0 Å². The molecule has 1 aliphatic rings. The van der Waals surface area contributed by atoms with E-state index in [0.717, 1.165) is 36.5 Å². The lowest BCUT2D eigenvalue weighted by Gasteiger charge is -2.15. The molecule has 1 fully saturated rings. The van der Waals surface area contributed by atoms with Gasteiger partial charge in [-0.25, -0.2) is 9.97 Å². The second kappa shape index (κ2) is 4.97. The SMILES string of the molecule is Cc1cccc(-c2nc3cccnc3n2C2CCNC2)c1. The van der Waals surface area contributed by atoms with Gasteiger partial charge in [0.05, 0.1) is 6.04 Å². The van der Waals surface area contributed by atoms with Crippen molar-refractivity contribution >= 4 is 11.2 Å². The van der Waals surface area contributed by atoms with Crippen molar-refractivity contribution in [2.75, 3.05) is 13.1 Å². The van der Waals surface area contributed by atoms with Gasteiger partial charge in [0.25, 0.3) is 0 Å². The Hall–Kier alpha value is -2.20. The molecule has 2 aromatic heterocycles. The fourth-order valence-electron chi connectivity index (χ4n) is 3.12. The molecule has 0 bridgehead atoms. The third kappa shape index (κ3) is 2.12. The quantitative estimate of drug-likeness (QED) is 0.783. The third-order valence-corrected chi connectivity index (χ3v) is 4.12. The zero-order valence-electron chi connectivity index (χ0n) is 12.1. The zero-order valence-corrected chi connectivity index (χ0v) is 12.1. The molecule has 0 aliphatic carbocycles. The minimum absolute atomic E-state index is 0.431.